The highest BCUT2D eigenvalue weighted by atomic mass is 127. The van der Waals surface area contributed by atoms with Crippen LogP contribution in [0, 0.1) is 5.92 Å². The zero-order chi connectivity index (χ0) is 14.4. The quantitative estimate of drug-likeness (QED) is 0.367. The second-order valence-corrected chi connectivity index (χ2v) is 6.24. The maximum atomic E-state index is 9.85. The predicted octanol–water partition coefficient (Wildman–Crippen LogP) is 1.89. The lowest BCUT2D eigenvalue weighted by Gasteiger charge is -2.22. The second kappa shape index (κ2) is 9.15. The molecule has 3 atom stereocenters. The van der Waals surface area contributed by atoms with Crippen molar-refractivity contribution in [3.05, 3.63) is 0 Å². The molecule has 1 saturated carbocycles. The summed E-state index contributed by atoms with van der Waals surface area (Å²) >= 11 is 0. The molecule has 0 amide bonds. The largest absolute Gasteiger partial charge is 0.393 e. The van der Waals surface area contributed by atoms with Crippen molar-refractivity contribution >= 4 is 29.9 Å². The standard InChI is InChI=1S/C15H29N3O2.HI/c1-3-16-14(17-10-12-6-4-7-13(12)19)18-11-15(2)8-5-9-20-15;/h12-13,19H,3-11H2,1-2H3,(H2,16,17,18);1H. The van der Waals surface area contributed by atoms with Crippen LogP contribution in [0.1, 0.15) is 46.0 Å². The van der Waals surface area contributed by atoms with Gasteiger partial charge in [-0.05, 0) is 39.5 Å². The van der Waals surface area contributed by atoms with Gasteiger partial charge in [0.25, 0.3) is 0 Å². The predicted molar refractivity (Wildman–Crippen MR) is 96.3 cm³/mol. The average Bonchev–Trinajstić information content (AvgIpc) is 3.03. The van der Waals surface area contributed by atoms with E-state index in [9.17, 15) is 5.11 Å². The minimum Gasteiger partial charge on any atom is -0.393 e. The Kier molecular flexibility index (Phi) is 8.26. The van der Waals surface area contributed by atoms with Gasteiger partial charge in [0, 0.05) is 25.6 Å². The fraction of sp³-hybridized carbons (Fsp3) is 0.933. The molecule has 0 bridgehead atoms. The molecule has 124 valence electrons. The number of guanidine groups is 1. The van der Waals surface area contributed by atoms with Crippen molar-refractivity contribution in [2.45, 2.75) is 57.7 Å². The van der Waals surface area contributed by atoms with E-state index in [0.717, 1.165) is 57.8 Å². The molecule has 5 nitrogen and oxygen atoms in total. The van der Waals surface area contributed by atoms with Crippen molar-refractivity contribution in [2.24, 2.45) is 10.9 Å². The van der Waals surface area contributed by atoms with Gasteiger partial charge >= 0.3 is 0 Å². The Balaban J connectivity index is 0.00000220. The summed E-state index contributed by atoms with van der Waals surface area (Å²) in [5.74, 6) is 1.19. The Bertz CT molecular complexity index is 333. The number of aliphatic hydroxyl groups excluding tert-OH is 1. The van der Waals surface area contributed by atoms with Crippen molar-refractivity contribution in [2.75, 3.05) is 26.2 Å². The summed E-state index contributed by atoms with van der Waals surface area (Å²) in [5.41, 5.74) is -0.102. The molecule has 6 heteroatoms. The van der Waals surface area contributed by atoms with Crippen LogP contribution in [0.25, 0.3) is 0 Å². The van der Waals surface area contributed by atoms with Crippen LogP contribution in [-0.4, -0.2) is 49.0 Å². The Hall–Kier alpha value is -0.0800. The van der Waals surface area contributed by atoms with E-state index in [0.29, 0.717) is 12.5 Å². The first-order valence-electron chi connectivity index (χ1n) is 7.97. The van der Waals surface area contributed by atoms with E-state index >= 15 is 0 Å². The highest BCUT2D eigenvalue weighted by Gasteiger charge is 2.29. The lowest BCUT2D eigenvalue weighted by molar-refractivity contribution is 0.0283. The molecule has 0 radical (unpaired) electrons. The maximum absolute atomic E-state index is 9.85. The van der Waals surface area contributed by atoms with Crippen molar-refractivity contribution in [3.63, 3.8) is 0 Å². The van der Waals surface area contributed by atoms with Crippen molar-refractivity contribution in [1.29, 1.82) is 0 Å². The molecule has 0 spiro atoms. The van der Waals surface area contributed by atoms with Crippen LogP contribution in [0.4, 0.5) is 0 Å². The molecular formula is C15H30IN3O2. The lowest BCUT2D eigenvalue weighted by Crippen LogP contribution is -2.42. The van der Waals surface area contributed by atoms with Gasteiger partial charge in [0.1, 0.15) is 0 Å². The van der Waals surface area contributed by atoms with Crippen LogP contribution < -0.4 is 10.6 Å². The Morgan fingerprint density at radius 1 is 1.33 bits per heavy atom. The molecular weight excluding hydrogens is 381 g/mol. The molecule has 3 unspecified atom stereocenters. The number of halogens is 1. The highest BCUT2D eigenvalue weighted by molar-refractivity contribution is 14.0. The molecule has 2 rings (SSSR count). The summed E-state index contributed by atoms with van der Waals surface area (Å²) < 4.78 is 5.76. The van der Waals surface area contributed by atoms with E-state index < -0.39 is 0 Å². The maximum Gasteiger partial charge on any atom is 0.191 e. The van der Waals surface area contributed by atoms with Gasteiger partial charge < -0.3 is 20.5 Å². The minimum atomic E-state index is -0.152. The van der Waals surface area contributed by atoms with Gasteiger partial charge in [-0.2, -0.15) is 0 Å². The Labute approximate surface area is 145 Å². The number of hydrogen-bond donors (Lipinski definition) is 3. The third-order valence-corrected chi connectivity index (χ3v) is 4.37. The smallest absolute Gasteiger partial charge is 0.191 e. The Morgan fingerprint density at radius 2 is 2.14 bits per heavy atom. The summed E-state index contributed by atoms with van der Waals surface area (Å²) in [5, 5.41) is 16.5. The fourth-order valence-electron chi connectivity index (χ4n) is 3.03. The number of nitrogens with one attached hydrogen (secondary N) is 2. The summed E-state index contributed by atoms with van der Waals surface area (Å²) in [6, 6.07) is 0. The molecule has 2 aliphatic rings. The number of nitrogens with zero attached hydrogens (tertiary/aromatic N) is 1. The lowest BCUT2D eigenvalue weighted by atomic mass is 10.0. The summed E-state index contributed by atoms with van der Waals surface area (Å²) in [7, 11) is 0. The van der Waals surface area contributed by atoms with Crippen molar-refractivity contribution < 1.29 is 9.84 Å². The number of aliphatic hydroxyl groups is 1. The van der Waals surface area contributed by atoms with Gasteiger partial charge in [-0.3, -0.25) is 4.99 Å². The first-order valence-corrected chi connectivity index (χ1v) is 7.97. The van der Waals surface area contributed by atoms with E-state index in [-0.39, 0.29) is 35.7 Å². The van der Waals surface area contributed by atoms with Crippen LogP contribution in [0.5, 0.6) is 0 Å². The fourth-order valence-corrected chi connectivity index (χ4v) is 3.03. The van der Waals surface area contributed by atoms with Crippen LogP contribution >= 0.6 is 24.0 Å². The highest BCUT2D eigenvalue weighted by Crippen LogP contribution is 2.25. The van der Waals surface area contributed by atoms with Gasteiger partial charge in [0.05, 0.1) is 18.2 Å². The molecule has 2 fully saturated rings. The molecule has 1 aliphatic carbocycles. The monoisotopic (exact) mass is 411 g/mol. The van der Waals surface area contributed by atoms with Crippen LogP contribution in [0.15, 0.2) is 4.99 Å². The Morgan fingerprint density at radius 3 is 2.71 bits per heavy atom. The zero-order valence-electron chi connectivity index (χ0n) is 13.2. The minimum absolute atomic E-state index is 0. The van der Waals surface area contributed by atoms with Gasteiger partial charge in [-0.1, -0.05) is 6.42 Å². The summed E-state index contributed by atoms with van der Waals surface area (Å²) in [6.07, 6.45) is 5.23. The van der Waals surface area contributed by atoms with E-state index in [4.69, 9.17) is 4.74 Å². The van der Waals surface area contributed by atoms with Gasteiger partial charge in [-0.15, -0.1) is 24.0 Å². The zero-order valence-corrected chi connectivity index (χ0v) is 15.6. The van der Waals surface area contributed by atoms with E-state index in [1.54, 1.807) is 0 Å². The van der Waals surface area contributed by atoms with Gasteiger partial charge in [0.2, 0.25) is 0 Å². The molecule has 1 saturated heterocycles. The van der Waals surface area contributed by atoms with Gasteiger partial charge in [0.15, 0.2) is 5.96 Å². The number of aliphatic imine (C=N–C) groups is 1. The summed E-state index contributed by atoms with van der Waals surface area (Å²) in [6.45, 7) is 7.38. The topological polar surface area (TPSA) is 65.9 Å². The van der Waals surface area contributed by atoms with E-state index in [1.807, 2.05) is 0 Å². The van der Waals surface area contributed by atoms with E-state index in [2.05, 4.69) is 29.5 Å². The molecule has 21 heavy (non-hydrogen) atoms. The SMILES string of the molecule is CCNC(=NCC1(C)CCCO1)NCC1CCCC1O.I. The first-order chi connectivity index (χ1) is 9.63. The van der Waals surface area contributed by atoms with Crippen LogP contribution in [0.3, 0.4) is 0 Å². The van der Waals surface area contributed by atoms with E-state index in [1.165, 1.54) is 0 Å². The molecule has 0 aromatic heterocycles. The average molecular weight is 411 g/mol. The third-order valence-electron chi connectivity index (χ3n) is 4.37. The third kappa shape index (κ3) is 5.90. The number of rotatable bonds is 5. The molecule has 1 heterocycles. The second-order valence-electron chi connectivity index (χ2n) is 6.24. The number of hydrogen-bond acceptors (Lipinski definition) is 3. The van der Waals surface area contributed by atoms with Crippen LogP contribution in [-0.2, 0) is 4.74 Å². The van der Waals surface area contributed by atoms with Crippen LogP contribution in [0.2, 0.25) is 0 Å². The summed E-state index contributed by atoms with van der Waals surface area (Å²) in [4.78, 5) is 4.64. The first kappa shape index (κ1) is 19.0. The van der Waals surface area contributed by atoms with Crippen molar-refractivity contribution in [3.8, 4) is 0 Å². The normalized spacial score (nSPS) is 32.8. The van der Waals surface area contributed by atoms with Crippen molar-refractivity contribution in [1.82, 2.24) is 10.6 Å². The molecule has 0 aromatic carbocycles. The number of ether oxygens (including phenoxy) is 1. The molecule has 1 aliphatic heterocycles. The molecule has 0 aromatic rings. The van der Waals surface area contributed by atoms with Gasteiger partial charge in [-0.25, -0.2) is 0 Å². The molecule has 3 N–H and O–H groups in total.